The molecule has 0 N–H and O–H groups in total. The molecule has 0 unspecified atom stereocenters. The van der Waals surface area contributed by atoms with E-state index in [1.807, 2.05) is 16.8 Å². The summed E-state index contributed by atoms with van der Waals surface area (Å²) in [6.07, 6.45) is 4.83. The Kier molecular flexibility index (Phi) is 4.99. The van der Waals surface area contributed by atoms with Crippen molar-refractivity contribution in [1.82, 2.24) is 24.2 Å². The minimum absolute atomic E-state index is 0.367. The highest BCUT2D eigenvalue weighted by Crippen LogP contribution is 2.36. The van der Waals surface area contributed by atoms with Crippen LogP contribution in [0.3, 0.4) is 0 Å². The zero-order valence-corrected chi connectivity index (χ0v) is 19.2. The standard InChI is InChI=1S/C26H26F2N6/c1-31(2)12-17-7-8-32(13-17)21-4-6-24-19(9-21)15-33-14-18(22-5-3-20(27)11-23(22)28)10-25(33)26-30-29-16-34(24)26/h3-6,9-11,14,16-17H,7-8,12-13,15H2,1-2H3/t17-/m1/s1. The van der Waals surface area contributed by atoms with E-state index in [4.69, 9.17) is 0 Å². The number of hydrogen-bond donors (Lipinski definition) is 0. The lowest BCUT2D eigenvalue weighted by molar-refractivity contribution is 0.340. The van der Waals surface area contributed by atoms with E-state index < -0.39 is 11.6 Å². The number of nitrogens with zero attached hydrogens (tertiary/aromatic N) is 6. The molecule has 0 aliphatic carbocycles. The Bertz CT molecular complexity index is 1370. The molecular weight excluding hydrogens is 434 g/mol. The average Bonchev–Trinajstić information content (AvgIpc) is 3.52. The first-order chi connectivity index (χ1) is 16.5. The molecule has 1 saturated heterocycles. The van der Waals surface area contributed by atoms with Gasteiger partial charge in [0.15, 0.2) is 5.82 Å². The maximum atomic E-state index is 14.5. The average molecular weight is 461 g/mol. The summed E-state index contributed by atoms with van der Waals surface area (Å²) in [5, 5.41) is 8.51. The second-order valence-corrected chi connectivity index (χ2v) is 9.57. The van der Waals surface area contributed by atoms with Gasteiger partial charge in [0.05, 0.1) is 11.4 Å². The van der Waals surface area contributed by atoms with Crippen LogP contribution in [0, 0.1) is 17.6 Å². The predicted molar refractivity (Wildman–Crippen MR) is 128 cm³/mol. The van der Waals surface area contributed by atoms with Gasteiger partial charge in [0, 0.05) is 55.3 Å². The summed E-state index contributed by atoms with van der Waals surface area (Å²) in [5.74, 6) is 0.208. The molecule has 0 spiro atoms. The van der Waals surface area contributed by atoms with Crippen LogP contribution in [0.2, 0.25) is 0 Å². The summed E-state index contributed by atoms with van der Waals surface area (Å²) in [6, 6.07) is 12.2. The minimum Gasteiger partial charge on any atom is -0.371 e. The van der Waals surface area contributed by atoms with Gasteiger partial charge in [-0.1, -0.05) is 0 Å². The number of aromatic nitrogens is 4. The molecule has 1 fully saturated rings. The van der Waals surface area contributed by atoms with Gasteiger partial charge in [-0.25, -0.2) is 8.78 Å². The monoisotopic (exact) mass is 460 g/mol. The lowest BCUT2D eigenvalue weighted by Gasteiger charge is -2.22. The van der Waals surface area contributed by atoms with Crippen LogP contribution >= 0.6 is 0 Å². The van der Waals surface area contributed by atoms with Crippen LogP contribution < -0.4 is 4.90 Å². The number of halogens is 2. The van der Waals surface area contributed by atoms with Gasteiger partial charge in [-0.05, 0) is 68.4 Å². The first-order valence-corrected chi connectivity index (χ1v) is 11.6. The summed E-state index contributed by atoms with van der Waals surface area (Å²) in [6.45, 7) is 3.83. The Hall–Kier alpha value is -3.52. The number of hydrogen-bond acceptors (Lipinski definition) is 4. The first-order valence-electron chi connectivity index (χ1n) is 11.6. The van der Waals surface area contributed by atoms with Crippen molar-refractivity contribution in [3.05, 3.63) is 72.2 Å². The number of rotatable bonds is 4. The highest BCUT2D eigenvalue weighted by atomic mass is 19.1. The first kappa shape index (κ1) is 21.0. The third kappa shape index (κ3) is 3.58. The second-order valence-electron chi connectivity index (χ2n) is 9.57. The molecule has 6 nitrogen and oxygen atoms in total. The fourth-order valence-corrected chi connectivity index (χ4v) is 5.33. The molecule has 4 aromatic rings. The molecule has 6 rings (SSSR count). The smallest absolute Gasteiger partial charge is 0.185 e. The maximum absolute atomic E-state index is 14.5. The summed E-state index contributed by atoms with van der Waals surface area (Å²) in [7, 11) is 4.26. The van der Waals surface area contributed by atoms with Gasteiger partial charge in [-0.3, -0.25) is 4.57 Å². The predicted octanol–water partition coefficient (Wildman–Crippen LogP) is 4.43. The van der Waals surface area contributed by atoms with Gasteiger partial charge in [-0.15, -0.1) is 10.2 Å². The van der Waals surface area contributed by atoms with Crippen LogP contribution in [-0.4, -0.2) is 58.0 Å². The summed E-state index contributed by atoms with van der Waals surface area (Å²) >= 11 is 0. The fourth-order valence-electron chi connectivity index (χ4n) is 5.33. The highest BCUT2D eigenvalue weighted by molar-refractivity contribution is 5.72. The number of anilines is 1. The Labute approximate surface area is 197 Å². The van der Waals surface area contributed by atoms with Crippen LogP contribution in [0.1, 0.15) is 12.0 Å². The third-order valence-corrected chi connectivity index (χ3v) is 6.85. The van der Waals surface area contributed by atoms with Crippen molar-refractivity contribution in [3.63, 3.8) is 0 Å². The van der Waals surface area contributed by atoms with Gasteiger partial charge < -0.3 is 14.4 Å². The maximum Gasteiger partial charge on any atom is 0.185 e. The van der Waals surface area contributed by atoms with Crippen LogP contribution in [0.15, 0.2) is 55.0 Å². The van der Waals surface area contributed by atoms with Crippen molar-refractivity contribution in [3.8, 4) is 28.3 Å². The van der Waals surface area contributed by atoms with E-state index in [9.17, 15) is 8.78 Å². The molecule has 2 aliphatic heterocycles. The Morgan fingerprint density at radius 1 is 1.09 bits per heavy atom. The van der Waals surface area contributed by atoms with Crippen molar-refractivity contribution in [2.75, 3.05) is 38.6 Å². The molecule has 2 aromatic carbocycles. The molecule has 174 valence electrons. The molecule has 0 saturated carbocycles. The summed E-state index contributed by atoms with van der Waals surface area (Å²) in [4.78, 5) is 4.72. The van der Waals surface area contributed by atoms with E-state index in [0.29, 0.717) is 29.4 Å². The molecule has 2 aliphatic rings. The van der Waals surface area contributed by atoms with Gasteiger partial charge in [0.2, 0.25) is 0 Å². The van der Waals surface area contributed by atoms with Crippen LogP contribution in [0.4, 0.5) is 14.5 Å². The SMILES string of the molecule is CN(C)C[C@H]1CCN(c2ccc3c(c2)Cn2cc(-c4ccc(F)cc4F)cc2-c2nncn2-3)C1. The highest BCUT2D eigenvalue weighted by Gasteiger charge is 2.26. The Balaban J connectivity index is 1.38. The molecular formula is C26H26F2N6. The molecule has 34 heavy (non-hydrogen) atoms. The van der Waals surface area contributed by atoms with Crippen LogP contribution in [0.25, 0.3) is 28.3 Å². The minimum atomic E-state index is -0.585. The van der Waals surface area contributed by atoms with Crippen LogP contribution in [-0.2, 0) is 6.54 Å². The van der Waals surface area contributed by atoms with E-state index in [1.54, 1.807) is 6.33 Å². The third-order valence-electron chi connectivity index (χ3n) is 6.85. The molecule has 0 radical (unpaired) electrons. The van der Waals surface area contributed by atoms with E-state index in [-0.39, 0.29) is 0 Å². The zero-order valence-electron chi connectivity index (χ0n) is 19.2. The quantitative estimate of drug-likeness (QED) is 0.398. The lowest BCUT2D eigenvalue weighted by atomic mass is 10.1. The van der Waals surface area contributed by atoms with E-state index in [2.05, 4.69) is 56.9 Å². The van der Waals surface area contributed by atoms with E-state index in [1.165, 1.54) is 24.2 Å². The van der Waals surface area contributed by atoms with Crippen molar-refractivity contribution >= 4 is 5.69 Å². The van der Waals surface area contributed by atoms with E-state index >= 15 is 0 Å². The molecule has 0 amide bonds. The molecule has 4 heterocycles. The van der Waals surface area contributed by atoms with Gasteiger partial charge in [0.1, 0.15) is 18.0 Å². The number of benzene rings is 2. The molecule has 0 bridgehead atoms. The summed E-state index contributed by atoms with van der Waals surface area (Å²) in [5.41, 5.74) is 5.32. The van der Waals surface area contributed by atoms with Crippen molar-refractivity contribution in [1.29, 1.82) is 0 Å². The second kappa shape index (κ2) is 8.06. The van der Waals surface area contributed by atoms with Crippen molar-refractivity contribution < 1.29 is 8.78 Å². The van der Waals surface area contributed by atoms with Gasteiger partial charge in [0.25, 0.3) is 0 Å². The molecule has 8 heteroatoms. The van der Waals surface area contributed by atoms with Gasteiger partial charge in [-0.2, -0.15) is 0 Å². The fraction of sp³-hybridized carbons (Fsp3) is 0.308. The van der Waals surface area contributed by atoms with Crippen molar-refractivity contribution in [2.45, 2.75) is 13.0 Å². The normalized spacial score (nSPS) is 17.0. The van der Waals surface area contributed by atoms with Gasteiger partial charge >= 0.3 is 0 Å². The molecule has 2 aromatic heterocycles. The zero-order chi connectivity index (χ0) is 23.4. The topological polar surface area (TPSA) is 42.1 Å². The number of fused-ring (bicyclic) bond motifs is 5. The molecule has 1 atom stereocenters. The van der Waals surface area contributed by atoms with Crippen molar-refractivity contribution in [2.24, 2.45) is 5.92 Å². The largest absolute Gasteiger partial charge is 0.371 e. The van der Waals surface area contributed by atoms with E-state index in [0.717, 1.165) is 42.6 Å². The van der Waals surface area contributed by atoms with Crippen LogP contribution in [0.5, 0.6) is 0 Å². The lowest BCUT2D eigenvalue weighted by Crippen LogP contribution is -2.25. The Morgan fingerprint density at radius 3 is 2.79 bits per heavy atom. The summed E-state index contributed by atoms with van der Waals surface area (Å²) < 4.78 is 32.0. The Morgan fingerprint density at radius 2 is 1.97 bits per heavy atom.